The molecule has 0 bridgehead atoms. The lowest BCUT2D eigenvalue weighted by molar-refractivity contribution is -0.133. The molecule has 1 N–H and O–H groups in total. The number of aromatic nitrogens is 2. The zero-order valence-corrected chi connectivity index (χ0v) is 12.0. The van der Waals surface area contributed by atoms with Crippen LogP contribution in [0.2, 0.25) is 0 Å². The SMILES string of the molecule is CC1CC1n1c(-c2ccccc2)cnc1SCC(=O)O. The second kappa shape index (κ2) is 5.32. The van der Waals surface area contributed by atoms with E-state index in [1.807, 2.05) is 24.4 Å². The van der Waals surface area contributed by atoms with Crippen molar-refractivity contribution in [2.75, 3.05) is 5.75 Å². The Morgan fingerprint density at radius 2 is 2.15 bits per heavy atom. The van der Waals surface area contributed by atoms with Gasteiger partial charge in [-0.15, -0.1) is 0 Å². The lowest BCUT2D eigenvalue weighted by atomic mass is 10.2. The zero-order chi connectivity index (χ0) is 14.1. The molecule has 1 aliphatic rings. The Kier molecular flexibility index (Phi) is 3.53. The molecule has 20 heavy (non-hydrogen) atoms. The van der Waals surface area contributed by atoms with E-state index in [1.54, 1.807) is 0 Å². The van der Waals surface area contributed by atoms with E-state index in [-0.39, 0.29) is 5.75 Å². The van der Waals surface area contributed by atoms with Gasteiger partial charge in [-0.2, -0.15) is 0 Å². The first kappa shape index (κ1) is 13.2. The fourth-order valence-corrected chi connectivity index (χ4v) is 3.13. The Hall–Kier alpha value is -1.75. The largest absolute Gasteiger partial charge is 0.481 e. The van der Waals surface area contributed by atoms with E-state index in [9.17, 15) is 4.79 Å². The fraction of sp³-hybridized carbons (Fsp3) is 0.333. The number of rotatable bonds is 5. The minimum Gasteiger partial charge on any atom is -0.481 e. The molecule has 5 heteroatoms. The van der Waals surface area contributed by atoms with Crippen LogP contribution in [0.1, 0.15) is 19.4 Å². The summed E-state index contributed by atoms with van der Waals surface area (Å²) in [6.07, 6.45) is 2.99. The molecule has 1 heterocycles. The van der Waals surface area contributed by atoms with Gasteiger partial charge in [-0.25, -0.2) is 4.98 Å². The van der Waals surface area contributed by atoms with Crippen molar-refractivity contribution in [3.05, 3.63) is 36.5 Å². The van der Waals surface area contributed by atoms with Crippen molar-refractivity contribution < 1.29 is 9.90 Å². The first-order valence-electron chi connectivity index (χ1n) is 6.64. The van der Waals surface area contributed by atoms with Crippen LogP contribution < -0.4 is 0 Å². The van der Waals surface area contributed by atoms with Crippen molar-refractivity contribution in [2.45, 2.75) is 24.5 Å². The summed E-state index contributed by atoms with van der Waals surface area (Å²) < 4.78 is 2.20. The molecular formula is C15H16N2O2S. The molecule has 0 amide bonds. The van der Waals surface area contributed by atoms with Crippen molar-refractivity contribution in [3.63, 3.8) is 0 Å². The molecule has 104 valence electrons. The lowest BCUT2D eigenvalue weighted by Crippen LogP contribution is -2.04. The third-order valence-electron chi connectivity index (χ3n) is 3.56. The minimum atomic E-state index is -0.811. The first-order valence-corrected chi connectivity index (χ1v) is 7.62. The van der Waals surface area contributed by atoms with Gasteiger partial charge in [0.15, 0.2) is 5.16 Å². The highest BCUT2D eigenvalue weighted by Gasteiger charge is 2.37. The van der Waals surface area contributed by atoms with E-state index < -0.39 is 5.97 Å². The molecule has 1 aromatic heterocycles. The first-order chi connectivity index (χ1) is 9.66. The van der Waals surface area contributed by atoms with Gasteiger partial charge in [0.05, 0.1) is 17.6 Å². The smallest absolute Gasteiger partial charge is 0.313 e. The molecule has 1 aliphatic carbocycles. The van der Waals surface area contributed by atoms with Crippen LogP contribution >= 0.6 is 11.8 Å². The maximum Gasteiger partial charge on any atom is 0.313 e. The summed E-state index contributed by atoms with van der Waals surface area (Å²) in [7, 11) is 0. The molecule has 3 rings (SSSR count). The van der Waals surface area contributed by atoms with E-state index in [1.165, 1.54) is 11.8 Å². The van der Waals surface area contributed by atoms with E-state index in [4.69, 9.17) is 5.11 Å². The summed E-state index contributed by atoms with van der Waals surface area (Å²) in [4.78, 5) is 15.2. The number of imidazole rings is 1. The standard InChI is InChI=1S/C15H16N2O2S/c1-10-7-12(10)17-13(11-5-3-2-4-6-11)8-16-15(17)20-9-14(18)19/h2-6,8,10,12H,7,9H2,1H3,(H,18,19). The Balaban J connectivity index is 1.96. The number of nitrogens with zero attached hydrogens (tertiary/aromatic N) is 2. The second-order valence-electron chi connectivity index (χ2n) is 5.12. The maximum atomic E-state index is 10.8. The highest BCUT2D eigenvalue weighted by Crippen LogP contribution is 2.47. The van der Waals surface area contributed by atoms with Crippen molar-refractivity contribution in [1.82, 2.24) is 9.55 Å². The molecule has 0 saturated heterocycles. The van der Waals surface area contributed by atoms with Crippen LogP contribution in [0.4, 0.5) is 0 Å². The molecule has 2 atom stereocenters. The molecule has 2 unspecified atom stereocenters. The number of hydrogen-bond donors (Lipinski definition) is 1. The van der Waals surface area contributed by atoms with Crippen LogP contribution in [-0.2, 0) is 4.79 Å². The summed E-state index contributed by atoms with van der Waals surface area (Å²) in [5, 5.41) is 9.64. The third kappa shape index (κ3) is 2.58. The van der Waals surface area contributed by atoms with E-state index in [0.29, 0.717) is 12.0 Å². The van der Waals surface area contributed by atoms with E-state index in [2.05, 4.69) is 28.6 Å². The quantitative estimate of drug-likeness (QED) is 0.858. The zero-order valence-electron chi connectivity index (χ0n) is 11.2. The molecule has 1 saturated carbocycles. The molecule has 1 aromatic carbocycles. The van der Waals surface area contributed by atoms with Crippen molar-refractivity contribution in [1.29, 1.82) is 0 Å². The molecule has 0 aliphatic heterocycles. The predicted octanol–water partition coefficient (Wildman–Crippen LogP) is 3.31. The van der Waals surface area contributed by atoms with Gasteiger partial charge in [-0.1, -0.05) is 49.0 Å². The van der Waals surface area contributed by atoms with E-state index >= 15 is 0 Å². The maximum absolute atomic E-state index is 10.8. The van der Waals surface area contributed by atoms with Crippen LogP contribution in [0.15, 0.2) is 41.7 Å². The average Bonchev–Trinajstić information content (AvgIpc) is 3.01. The van der Waals surface area contributed by atoms with Gasteiger partial charge in [0.2, 0.25) is 0 Å². The van der Waals surface area contributed by atoms with Gasteiger partial charge in [0.1, 0.15) is 0 Å². The summed E-state index contributed by atoms with van der Waals surface area (Å²) >= 11 is 1.29. The summed E-state index contributed by atoms with van der Waals surface area (Å²) in [6, 6.07) is 10.6. The monoisotopic (exact) mass is 288 g/mol. The molecule has 2 aromatic rings. The van der Waals surface area contributed by atoms with Gasteiger partial charge >= 0.3 is 5.97 Å². The molecule has 0 radical (unpaired) electrons. The highest BCUT2D eigenvalue weighted by atomic mass is 32.2. The van der Waals surface area contributed by atoms with Gasteiger partial charge in [-0.05, 0) is 17.9 Å². The van der Waals surface area contributed by atoms with Crippen molar-refractivity contribution >= 4 is 17.7 Å². The number of hydrogen-bond acceptors (Lipinski definition) is 3. The van der Waals surface area contributed by atoms with Crippen molar-refractivity contribution in [3.8, 4) is 11.3 Å². The normalized spacial score (nSPS) is 20.9. The Morgan fingerprint density at radius 3 is 2.75 bits per heavy atom. The second-order valence-corrected chi connectivity index (χ2v) is 6.07. The Morgan fingerprint density at radius 1 is 1.45 bits per heavy atom. The number of aliphatic carboxylic acids is 1. The highest BCUT2D eigenvalue weighted by molar-refractivity contribution is 7.99. The van der Waals surface area contributed by atoms with Crippen molar-refractivity contribution in [2.24, 2.45) is 5.92 Å². The predicted molar refractivity (Wildman–Crippen MR) is 78.8 cm³/mol. The Bertz CT molecular complexity index is 624. The van der Waals surface area contributed by atoms with Gasteiger partial charge in [0, 0.05) is 6.04 Å². The van der Waals surface area contributed by atoms with Crippen LogP contribution in [0, 0.1) is 5.92 Å². The number of carboxylic acids is 1. The molecule has 4 nitrogen and oxygen atoms in total. The lowest BCUT2D eigenvalue weighted by Gasteiger charge is -2.10. The minimum absolute atomic E-state index is 0.0480. The third-order valence-corrected chi connectivity index (χ3v) is 4.51. The summed E-state index contributed by atoms with van der Waals surface area (Å²) in [5.74, 6) is -0.128. The summed E-state index contributed by atoms with van der Waals surface area (Å²) in [5.41, 5.74) is 2.20. The van der Waals surface area contributed by atoms with Gasteiger partial charge < -0.3 is 9.67 Å². The molecule has 0 spiro atoms. The van der Waals surface area contributed by atoms with Gasteiger partial charge in [0.25, 0.3) is 0 Å². The van der Waals surface area contributed by atoms with Crippen LogP contribution in [-0.4, -0.2) is 26.4 Å². The van der Waals surface area contributed by atoms with Crippen LogP contribution in [0.5, 0.6) is 0 Å². The topological polar surface area (TPSA) is 55.1 Å². The number of thioether (sulfide) groups is 1. The average molecular weight is 288 g/mol. The molecular weight excluding hydrogens is 272 g/mol. The molecule has 1 fully saturated rings. The Labute approximate surface area is 121 Å². The fourth-order valence-electron chi connectivity index (χ4n) is 2.38. The van der Waals surface area contributed by atoms with Crippen LogP contribution in [0.25, 0.3) is 11.3 Å². The number of carboxylic acid groups (broad SMARTS) is 1. The number of benzene rings is 1. The number of carbonyl (C=O) groups is 1. The van der Waals surface area contributed by atoms with Crippen LogP contribution in [0.3, 0.4) is 0 Å². The summed E-state index contributed by atoms with van der Waals surface area (Å²) in [6.45, 7) is 2.21. The van der Waals surface area contributed by atoms with E-state index in [0.717, 1.165) is 22.8 Å². The van der Waals surface area contributed by atoms with Gasteiger partial charge in [-0.3, -0.25) is 4.79 Å².